The van der Waals surface area contributed by atoms with E-state index in [4.69, 9.17) is 16.3 Å². The molecule has 1 aliphatic heterocycles. The van der Waals surface area contributed by atoms with Gasteiger partial charge in [0.1, 0.15) is 0 Å². The maximum atomic E-state index is 12.8. The molecule has 0 unspecified atom stereocenters. The predicted octanol–water partition coefficient (Wildman–Crippen LogP) is 3.70. The number of hydrogen-bond donors (Lipinski definition) is 1. The van der Waals surface area contributed by atoms with Gasteiger partial charge in [-0.1, -0.05) is 31.0 Å². The number of carbonyl (C=O) groups excluding carboxylic acids is 1. The maximum Gasteiger partial charge on any atom is 0.255 e. The zero-order valence-electron chi connectivity index (χ0n) is 14.7. The Bertz CT molecular complexity index is 751. The van der Waals surface area contributed by atoms with Crippen LogP contribution in [-0.2, 0) is 11.2 Å². The summed E-state index contributed by atoms with van der Waals surface area (Å²) in [5.41, 5.74) is 3.18. The second-order valence-corrected chi connectivity index (χ2v) is 6.83. The summed E-state index contributed by atoms with van der Waals surface area (Å²) in [5, 5.41) is 8.34. The zero-order chi connectivity index (χ0) is 17.8. The monoisotopic (exact) mass is 361 g/mol. The van der Waals surface area contributed by atoms with E-state index in [9.17, 15) is 4.79 Å². The molecule has 1 amide bonds. The molecule has 3 rings (SSSR count). The third-order valence-corrected chi connectivity index (χ3v) is 4.70. The summed E-state index contributed by atoms with van der Waals surface area (Å²) in [5.74, 6) is -0.0790. The van der Waals surface area contributed by atoms with Crippen molar-refractivity contribution >= 4 is 17.5 Å². The molecule has 6 heteroatoms. The molecule has 0 spiro atoms. The Morgan fingerprint density at radius 1 is 1.48 bits per heavy atom. The van der Waals surface area contributed by atoms with Gasteiger partial charge in [-0.15, -0.1) is 0 Å². The van der Waals surface area contributed by atoms with Crippen molar-refractivity contribution in [3.8, 4) is 5.69 Å². The fourth-order valence-electron chi connectivity index (χ4n) is 3.23. The highest BCUT2D eigenvalue weighted by Crippen LogP contribution is 2.22. The Kier molecular flexibility index (Phi) is 5.76. The van der Waals surface area contributed by atoms with Crippen molar-refractivity contribution in [3.63, 3.8) is 0 Å². The van der Waals surface area contributed by atoms with E-state index in [1.807, 2.05) is 31.2 Å². The Hall–Kier alpha value is -1.85. The van der Waals surface area contributed by atoms with E-state index >= 15 is 0 Å². The quantitative estimate of drug-likeness (QED) is 0.853. The zero-order valence-corrected chi connectivity index (χ0v) is 15.5. The number of rotatable bonds is 6. The largest absolute Gasteiger partial charge is 0.376 e. The normalized spacial score (nSPS) is 17.0. The number of nitrogens with one attached hydrogen (secondary N) is 1. The van der Waals surface area contributed by atoms with Crippen molar-refractivity contribution in [2.45, 2.75) is 45.6 Å². The van der Waals surface area contributed by atoms with Crippen molar-refractivity contribution in [2.75, 3.05) is 13.2 Å². The van der Waals surface area contributed by atoms with Crippen LogP contribution in [0.3, 0.4) is 0 Å². The lowest BCUT2D eigenvalue weighted by Gasteiger charge is -2.11. The van der Waals surface area contributed by atoms with Crippen LogP contribution in [0.5, 0.6) is 0 Å². The number of aryl methyl sites for hydroxylation is 1. The summed E-state index contributed by atoms with van der Waals surface area (Å²) in [6.45, 7) is 5.34. The summed E-state index contributed by atoms with van der Waals surface area (Å²) in [6, 6.07) is 7.50. The van der Waals surface area contributed by atoms with Gasteiger partial charge in [0, 0.05) is 18.2 Å². The first kappa shape index (κ1) is 18.0. The van der Waals surface area contributed by atoms with Gasteiger partial charge in [-0.2, -0.15) is 5.10 Å². The molecule has 0 aliphatic carbocycles. The van der Waals surface area contributed by atoms with Crippen LogP contribution in [0.15, 0.2) is 24.3 Å². The van der Waals surface area contributed by atoms with Crippen LogP contribution in [0, 0.1) is 6.92 Å². The molecule has 1 fully saturated rings. The van der Waals surface area contributed by atoms with Crippen molar-refractivity contribution in [1.82, 2.24) is 15.1 Å². The molecule has 2 aromatic rings. The van der Waals surface area contributed by atoms with E-state index in [0.29, 0.717) is 17.1 Å². The van der Waals surface area contributed by atoms with Gasteiger partial charge < -0.3 is 10.1 Å². The fraction of sp³-hybridized carbons (Fsp3) is 0.474. The minimum Gasteiger partial charge on any atom is -0.376 e. The second kappa shape index (κ2) is 8.02. The van der Waals surface area contributed by atoms with Crippen molar-refractivity contribution < 1.29 is 9.53 Å². The van der Waals surface area contributed by atoms with E-state index in [-0.39, 0.29) is 12.0 Å². The van der Waals surface area contributed by atoms with Crippen LogP contribution in [0.4, 0.5) is 0 Å². The number of amides is 1. The third-order valence-electron chi connectivity index (χ3n) is 4.47. The molecule has 2 heterocycles. The standard InChI is InChI=1S/C19H24ClN3O2/c1-3-6-17-18(19(24)21-12-16-9-5-10-25-16)13(2)23(22-17)15-8-4-7-14(20)11-15/h4,7-8,11,16H,3,5-6,9-10,12H2,1-2H3,(H,21,24)/t16-/m1/s1. The molecule has 0 bridgehead atoms. The number of aromatic nitrogens is 2. The number of hydrogen-bond acceptors (Lipinski definition) is 3. The van der Waals surface area contributed by atoms with E-state index < -0.39 is 0 Å². The SMILES string of the molecule is CCCc1nn(-c2cccc(Cl)c2)c(C)c1C(=O)NC[C@H]1CCCO1. The number of nitrogens with zero attached hydrogens (tertiary/aromatic N) is 2. The molecule has 1 aliphatic rings. The van der Waals surface area contributed by atoms with Crippen LogP contribution < -0.4 is 5.32 Å². The number of carbonyl (C=O) groups is 1. The van der Waals surface area contributed by atoms with Gasteiger partial charge in [-0.3, -0.25) is 4.79 Å². The van der Waals surface area contributed by atoms with Crippen LogP contribution >= 0.6 is 11.6 Å². The van der Waals surface area contributed by atoms with Gasteiger partial charge in [-0.05, 0) is 44.4 Å². The molecular formula is C19H24ClN3O2. The van der Waals surface area contributed by atoms with E-state index in [0.717, 1.165) is 49.4 Å². The Morgan fingerprint density at radius 3 is 3.00 bits per heavy atom. The molecule has 134 valence electrons. The second-order valence-electron chi connectivity index (χ2n) is 6.39. The smallest absolute Gasteiger partial charge is 0.255 e. The summed E-state index contributed by atoms with van der Waals surface area (Å²) >= 11 is 6.11. The highest BCUT2D eigenvalue weighted by molar-refractivity contribution is 6.30. The molecule has 1 atom stereocenters. The molecule has 1 N–H and O–H groups in total. The van der Waals surface area contributed by atoms with Crippen LogP contribution in [0.2, 0.25) is 5.02 Å². The average molecular weight is 362 g/mol. The topological polar surface area (TPSA) is 56.2 Å². The van der Waals surface area contributed by atoms with Gasteiger partial charge in [0.15, 0.2) is 0 Å². The van der Waals surface area contributed by atoms with E-state index in [1.54, 1.807) is 4.68 Å². The summed E-state index contributed by atoms with van der Waals surface area (Å²) in [6.07, 6.45) is 3.88. The Balaban J connectivity index is 1.87. The summed E-state index contributed by atoms with van der Waals surface area (Å²) in [4.78, 5) is 12.8. The number of halogens is 1. The lowest BCUT2D eigenvalue weighted by molar-refractivity contribution is 0.0856. The summed E-state index contributed by atoms with van der Waals surface area (Å²) in [7, 11) is 0. The molecular weight excluding hydrogens is 338 g/mol. The van der Waals surface area contributed by atoms with Gasteiger partial charge in [0.25, 0.3) is 5.91 Å². The molecule has 1 saturated heterocycles. The molecule has 5 nitrogen and oxygen atoms in total. The van der Waals surface area contributed by atoms with Gasteiger partial charge in [0.05, 0.1) is 28.7 Å². The Labute approximate surface area is 153 Å². The highest BCUT2D eigenvalue weighted by atomic mass is 35.5. The predicted molar refractivity (Wildman–Crippen MR) is 98.6 cm³/mol. The van der Waals surface area contributed by atoms with E-state index in [1.165, 1.54) is 0 Å². The lowest BCUT2D eigenvalue weighted by atomic mass is 10.1. The van der Waals surface area contributed by atoms with Gasteiger partial charge in [-0.25, -0.2) is 4.68 Å². The van der Waals surface area contributed by atoms with Crippen molar-refractivity contribution in [2.24, 2.45) is 0 Å². The number of benzene rings is 1. The van der Waals surface area contributed by atoms with Crippen LogP contribution in [0.1, 0.15) is 47.9 Å². The molecule has 1 aromatic carbocycles. The molecule has 0 saturated carbocycles. The first-order valence-electron chi connectivity index (χ1n) is 8.84. The maximum absolute atomic E-state index is 12.8. The van der Waals surface area contributed by atoms with Gasteiger partial charge in [0.2, 0.25) is 0 Å². The highest BCUT2D eigenvalue weighted by Gasteiger charge is 2.23. The minimum absolute atomic E-state index is 0.0790. The molecule has 1 aromatic heterocycles. The fourth-order valence-corrected chi connectivity index (χ4v) is 3.41. The van der Waals surface area contributed by atoms with E-state index in [2.05, 4.69) is 17.3 Å². The third kappa shape index (κ3) is 4.05. The lowest BCUT2D eigenvalue weighted by Crippen LogP contribution is -2.32. The van der Waals surface area contributed by atoms with Crippen LogP contribution in [0.25, 0.3) is 5.69 Å². The van der Waals surface area contributed by atoms with Crippen molar-refractivity contribution in [1.29, 1.82) is 0 Å². The number of ether oxygens (including phenoxy) is 1. The molecule has 0 radical (unpaired) electrons. The first-order valence-corrected chi connectivity index (χ1v) is 9.22. The van der Waals surface area contributed by atoms with Gasteiger partial charge >= 0.3 is 0 Å². The minimum atomic E-state index is -0.0790. The Morgan fingerprint density at radius 2 is 2.32 bits per heavy atom. The first-order chi connectivity index (χ1) is 12.1. The van der Waals surface area contributed by atoms with Crippen LogP contribution in [-0.4, -0.2) is 34.9 Å². The van der Waals surface area contributed by atoms with Crippen molar-refractivity contribution in [3.05, 3.63) is 46.2 Å². The summed E-state index contributed by atoms with van der Waals surface area (Å²) < 4.78 is 7.39. The average Bonchev–Trinajstić information content (AvgIpc) is 3.21. The molecule has 25 heavy (non-hydrogen) atoms.